The highest BCUT2D eigenvalue weighted by atomic mass is 32.1. The number of nitrogens with zero attached hydrogens (tertiary/aromatic N) is 2. The van der Waals surface area contributed by atoms with Crippen LogP contribution in [0.3, 0.4) is 0 Å². The van der Waals surface area contributed by atoms with Crippen LogP contribution < -0.4 is 10.6 Å². The molecule has 0 fully saturated rings. The number of rotatable bonds is 5. The molecule has 0 aromatic carbocycles. The molecular formula is C15H22N4S. The first kappa shape index (κ1) is 14.8. The summed E-state index contributed by atoms with van der Waals surface area (Å²) in [4.78, 5) is 11.4. The fraction of sp³-hybridized carbons (Fsp3) is 0.467. The van der Waals surface area contributed by atoms with Gasteiger partial charge >= 0.3 is 0 Å². The van der Waals surface area contributed by atoms with E-state index in [1.807, 2.05) is 18.4 Å². The monoisotopic (exact) mass is 290 g/mol. The molecule has 2 aromatic heterocycles. The van der Waals surface area contributed by atoms with Crippen LogP contribution in [0.4, 0.5) is 11.6 Å². The predicted molar refractivity (Wildman–Crippen MR) is 86.8 cm³/mol. The minimum Gasteiger partial charge on any atom is -0.373 e. The largest absolute Gasteiger partial charge is 0.373 e. The summed E-state index contributed by atoms with van der Waals surface area (Å²) < 4.78 is 0. The van der Waals surface area contributed by atoms with E-state index in [4.69, 9.17) is 0 Å². The first-order valence-corrected chi connectivity index (χ1v) is 7.70. The fourth-order valence-corrected chi connectivity index (χ4v) is 3.10. The molecule has 0 saturated heterocycles. The van der Waals surface area contributed by atoms with Gasteiger partial charge < -0.3 is 10.6 Å². The maximum Gasteiger partial charge on any atom is 0.135 e. The summed E-state index contributed by atoms with van der Waals surface area (Å²) in [5, 5.41) is 6.66. The predicted octanol–water partition coefficient (Wildman–Crippen LogP) is 4.18. The van der Waals surface area contributed by atoms with E-state index in [0.717, 1.165) is 17.2 Å². The van der Waals surface area contributed by atoms with Gasteiger partial charge in [0, 0.05) is 22.4 Å². The van der Waals surface area contributed by atoms with E-state index in [2.05, 4.69) is 60.4 Å². The van der Waals surface area contributed by atoms with E-state index in [0.29, 0.717) is 5.92 Å². The molecule has 5 heteroatoms. The van der Waals surface area contributed by atoms with Crippen LogP contribution in [0.15, 0.2) is 18.5 Å². The SMILES string of the molecule is CNc1ncnc(NC(C)c2ccc(C)s2)c1C(C)C. The average molecular weight is 290 g/mol. The van der Waals surface area contributed by atoms with E-state index in [9.17, 15) is 0 Å². The van der Waals surface area contributed by atoms with Crippen LogP contribution in [-0.2, 0) is 0 Å². The van der Waals surface area contributed by atoms with Gasteiger partial charge in [0.2, 0.25) is 0 Å². The van der Waals surface area contributed by atoms with Gasteiger partial charge in [0.05, 0.1) is 6.04 Å². The fourth-order valence-electron chi connectivity index (χ4n) is 2.22. The molecule has 20 heavy (non-hydrogen) atoms. The van der Waals surface area contributed by atoms with Crippen molar-refractivity contribution in [1.29, 1.82) is 0 Å². The van der Waals surface area contributed by atoms with Crippen molar-refractivity contribution in [2.75, 3.05) is 17.7 Å². The second-order valence-corrected chi connectivity index (χ2v) is 6.52. The third kappa shape index (κ3) is 3.10. The van der Waals surface area contributed by atoms with E-state index in [1.54, 1.807) is 6.33 Å². The Morgan fingerprint density at radius 1 is 1.10 bits per heavy atom. The lowest BCUT2D eigenvalue weighted by atomic mass is 10.0. The maximum absolute atomic E-state index is 4.42. The molecule has 0 aliphatic heterocycles. The molecule has 2 heterocycles. The molecule has 2 N–H and O–H groups in total. The lowest BCUT2D eigenvalue weighted by Crippen LogP contribution is -2.12. The molecule has 2 aromatic rings. The Bertz CT molecular complexity index is 577. The third-order valence-corrected chi connectivity index (χ3v) is 4.42. The van der Waals surface area contributed by atoms with Crippen molar-refractivity contribution in [3.63, 3.8) is 0 Å². The van der Waals surface area contributed by atoms with Gasteiger partial charge in [0.1, 0.15) is 18.0 Å². The molecule has 0 bridgehead atoms. The summed E-state index contributed by atoms with van der Waals surface area (Å²) in [5.41, 5.74) is 1.13. The molecular weight excluding hydrogens is 268 g/mol. The van der Waals surface area contributed by atoms with Crippen molar-refractivity contribution in [2.45, 2.75) is 39.7 Å². The van der Waals surface area contributed by atoms with Gasteiger partial charge in [-0.25, -0.2) is 9.97 Å². The van der Waals surface area contributed by atoms with E-state index < -0.39 is 0 Å². The average Bonchev–Trinajstić information content (AvgIpc) is 2.84. The molecule has 0 radical (unpaired) electrons. The van der Waals surface area contributed by atoms with Crippen molar-refractivity contribution >= 4 is 23.0 Å². The zero-order valence-corrected chi connectivity index (χ0v) is 13.5. The number of thiophene rings is 1. The Balaban J connectivity index is 2.29. The molecule has 1 unspecified atom stereocenters. The Morgan fingerprint density at radius 2 is 1.80 bits per heavy atom. The molecule has 0 saturated carbocycles. The Morgan fingerprint density at radius 3 is 2.35 bits per heavy atom. The van der Waals surface area contributed by atoms with Gasteiger partial charge in [-0.1, -0.05) is 13.8 Å². The van der Waals surface area contributed by atoms with Gasteiger partial charge in [0.25, 0.3) is 0 Å². The highest BCUT2D eigenvalue weighted by molar-refractivity contribution is 7.12. The number of anilines is 2. The maximum atomic E-state index is 4.42. The number of aromatic nitrogens is 2. The van der Waals surface area contributed by atoms with E-state index >= 15 is 0 Å². The van der Waals surface area contributed by atoms with Crippen LogP contribution in [0.2, 0.25) is 0 Å². The Labute approximate surface area is 124 Å². The number of hydrogen-bond acceptors (Lipinski definition) is 5. The summed E-state index contributed by atoms with van der Waals surface area (Å²) in [6, 6.07) is 4.57. The molecule has 0 spiro atoms. The lowest BCUT2D eigenvalue weighted by molar-refractivity contribution is 0.826. The van der Waals surface area contributed by atoms with Gasteiger partial charge in [-0.05, 0) is 31.9 Å². The molecule has 0 aliphatic carbocycles. The van der Waals surface area contributed by atoms with Gasteiger partial charge in [-0.15, -0.1) is 11.3 Å². The quantitative estimate of drug-likeness (QED) is 0.867. The summed E-state index contributed by atoms with van der Waals surface area (Å²) in [5.74, 6) is 2.17. The van der Waals surface area contributed by atoms with Crippen LogP contribution in [0.1, 0.15) is 48.0 Å². The molecule has 0 aliphatic rings. The number of hydrogen-bond donors (Lipinski definition) is 2. The van der Waals surface area contributed by atoms with Crippen LogP contribution in [0, 0.1) is 6.92 Å². The summed E-state index contributed by atoms with van der Waals surface area (Å²) >= 11 is 1.82. The van der Waals surface area contributed by atoms with Crippen LogP contribution >= 0.6 is 11.3 Å². The van der Waals surface area contributed by atoms with Gasteiger partial charge in [-0.2, -0.15) is 0 Å². The zero-order valence-electron chi connectivity index (χ0n) is 12.7. The smallest absolute Gasteiger partial charge is 0.135 e. The van der Waals surface area contributed by atoms with Gasteiger partial charge in [0.15, 0.2) is 0 Å². The zero-order chi connectivity index (χ0) is 14.7. The van der Waals surface area contributed by atoms with Crippen LogP contribution in [0.5, 0.6) is 0 Å². The van der Waals surface area contributed by atoms with Crippen molar-refractivity contribution in [3.8, 4) is 0 Å². The Kier molecular flexibility index (Phi) is 4.60. The Hall–Kier alpha value is -1.62. The molecule has 2 rings (SSSR count). The molecule has 1 atom stereocenters. The van der Waals surface area contributed by atoms with E-state index in [1.165, 1.54) is 9.75 Å². The lowest BCUT2D eigenvalue weighted by Gasteiger charge is -2.19. The number of aryl methyl sites for hydroxylation is 1. The third-order valence-electron chi connectivity index (χ3n) is 3.24. The molecule has 0 amide bonds. The topological polar surface area (TPSA) is 49.8 Å². The van der Waals surface area contributed by atoms with Crippen molar-refractivity contribution < 1.29 is 0 Å². The van der Waals surface area contributed by atoms with Crippen LogP contribution in [-0.4, -0.2) is 17.0 Å². The van der Waals surface area contributed by atoms with Crippen molar-refractivity contribution in [1.82, 2.24) is 9.97 Å². The van der Waals surface area contributed by atoms with Crippen molar-refractivity contribution in [3.05, 3.63) is 33.8 Å². The van der Waals surface area contributed by atoms with Crippen molar-refractivity contribution in [2.24, 2.45) is 0 Å². The molecule has 4 nitrogen and oxygen atoms in total. The van der Waals surface area contributed by atoms with E-state index in [-0.39, 0.29) is 6.04 Å². The standard InChI is InChI=1S/C15H22N4S/c1-9(2)13-14(16-5)17-8-18-15(13)19-11(4)12-7-6-10(3)20-12/h6-9,11H,1-5H3,(H2,16,17,18,19). The number of nitrogens with one attached hydrogen (secondary N) is 2. The second kappa shape index (κ2) is 6.22. The molecule has 108 valence electrons. The van der Waals surface area contributed by atoms with Gasteiger partial charge in [-0.3, -0.25) is 0 Å². The minimum atomic E-state index is 0.241. The minimum absolute atomic E-state index is 0.241. The van der Waals surface area contributed by atoms with Crippen LogP contribution in [0.25, 0.3) is 0 Å². The second-order valence-electron chi connectivity index (χ2n) is 5.20. The first-order valence-electron chi connectivity index (χ1n) is 6.88. The first-order chi connectivity index (χ1) is 9.52. The summed E-state index contributed by atoms with van der Waals surface area (Å²) in [6.45, 7) is 8.61. The normalized spacial score (nSPS) is 12.5. The highest BCUT2D eigenvalue weighted by Gasteiger charge is 2.16. The summed E-state index contributed by atoms with van der Waals surface area (Å²) in [7, 11) is 1.89. The summed E-state index contributed by atoms with van der Waals surface area (Å²) in [6.07, 6.45) is 1.60. The highest BCUT2D eigenvalue weighted by Crippen LogP contribution is 2.31.